The van der Waals surface area contributed by atoms with Crippen LogP contribution in [0.4, 0.5) is 0 Å². The Hall–Kier alpha value is -0.980. The number of phenols is 1. The molecule has 1 heteroatoms. The third kappa shape index (κ3) is 8.22. The molecule has 0 aliphatic heterocycles. The monoisotopic (exact) mass is 332 g/mol. The van der Waals surface area contributed by atoms with Crippen molar-refractivity contribution in [2.24, 2.45) is 0 Å². The Morgan fingerprint density at radius 1 is 0.583 bits per heavy atom. The second kappa shape index (κ2) is 13.3. The van der Waals surface area contributed by atoms with Crippen molar-refractivity contribution < 1.29 is 5.11 Å². The van der Waals surface area contributed by atoms with Crippen molar-refractivity contribution in [3.8, 4) is 5.75 Å². The van der Waals surface area contributed by atoms with E-state index in [9.17, 15) is 5.11 Å². The summed E-state index contributed by atoms with van der Waals surface area (Å²) in [5.41, 5.74) is 3.81. The number of unbranched alkanes of at least 4 members (excludes halogenated alkanes) is 8. The van der Waals surface area contributed by atoms with Gasteiger partial charge in [0.1, 0.15) is 5.75 Å². The van der Waals surface area contributed by atoms with Gasteiger partial charge in [-0.25, -0.2) is 0 Å². The quantitative estimate of drug-likeness (QED) is 0.352. The van der Waals surface area contributed by atoms with Crippen LogP contribution in [0.2, 0.25) is 0 Å². The summed E-state index contributed by atoms with van der Waals surface area (Å²) in [7, 11) is 0. The lowest BCUT2D eigenvalue weighted by atomic mass is 9.94. The predicted octanol–water partition coefficient (Wildman–Crippen LogP) is 7.37. The summed E-state index contributed by atoms with van der Waals surface area (Å²) < 4.78 is 0. The minimum absolute atomic E-state index is 0.584. The van der Waals surface area contributed by atoms with Gasteiger partial charge in [0.05, 0.1) is 0 Å². The summed E-state index contributed by atoms with van der Waals surface area (Å²) >= 11 is 0. The highest BCUT2D eigenvalue weighted by molar-refractivity contribution is 5.44. The number of rotatable bonds is 14. The molecule has 0 aliphatic carbocycles. The van der Waals surface area contributed by atoms with Crippen molar-refractivity contribution in [2.75, 3.05) is 0 Å². The highest BCUT2D eigenvalue weighted by atomic mass is 16.3. The maximum atomic E-state index is 10.6. The van der Waals surface area contributed by atoms with Crippen LogP contribution in [-0.2, 0) is 19.3 Å². The third-order valence-corrected chi connectivity index (χ3v) is 5.00. The van der Waals surface area contributed by atoms with E-state index >= 15 is 0 Å². The molecule has 1 aromatic carbocycles. The van der Waals surface area contributed by atoms with Crippen LogP contribution in [0, 0.1) is 0 Å². The fraction of sp³-hybridized carbons (Fsp3) is 0.739. The molecule has 0 fully saturated rings. The minimum Gasteiger partial charge on any atom is -0.507 e. The number of phenolic OH excluding ortho intramolecular Hbond substituents is 1. The lowest BCUT2D eigenvalue weighted by Crippen LogP contribution is -1.97. The fourth-order valence-electron chi connectivity index (χ4n) is 3.38. The van der Waals surface area contributed by atoms with E-state index in [0.29, 0.717) is 5.75 Å². The first-order valence-electron chi connectivity index (χ1n) is 10.6. The van der Waals surface area contributed by atoms with E-state index in [2.05, 4.69) is 32.9 Å². The summed E-state index contributed by atoms with van der Waals surface area (Å²) in [5, 5.41) is 10.6. The van der Waals surface area contributed by atoms with E-state index in [1.165, 1.54) is 93.7 Å². The first kappa shape index (κ1) is 21.1. The van der Waals surface area contributed by atoms with Gasteiger partial charge in [-0.05, 0) is 55.2 Å². The van der Waals surface area contributed by atoms with Crippen LogP contribution in [-0.4, -0.2) is 5.11 Å². The van der Waals surface area contributed by atoms with Gasteiger partial charge in [-0.2, -0.15) is 0 Å². The van der Waals surface area contributed by atoms with Gasteiger partial charge >= 0.3 is 0 Å². The largest absolute Gasteiger partial charge is 0.507 e. The molecule has 0 aliphatic rings. The molecule has 0 heterocycles. The van der Waals surface area contributed by atoms with Crippen molar-refractivity contribution >= 4 is 0 Å². The molecule has 0 spiro atoms. The molecule has 0 bridgehead atoms. The summed E-state index contributed by atoms with van der Waals surface area (Å²) in [5.74, 6) is 0.584. The molecule has 0 amide bonds. The molecule has 1 nitrogen and oxygen atoms in total. The van der Waals surface area contributed by atoms with Gasteiger partial charge < -0.3 is 5.11 Å². The summed E-state index contributed by atoms with van der Waals surface area (Å²) in [6.45, 7) is 6.71. The average molecular weight is 333 g/mol. The molecular weight excluding hydrogens is 292 g/mol. The van der Waals surface area contributed by atoms with Crippen molar-refractivity contribution in [2.45, 2.75) is 111 Å². The fourth-order valence-corrected chi connectivity index (χ4v) is 3.38. The van der Waals surface area contributed by atoms with E-state index in [4.69, 9.17) is 0 Å². The van der Waals surface area contributed by atoms with Gasteiger partial charge in [0.15, 0.2) is 0 Å². The standard InChI is InChI=1S/C23H40O/c1-4-7-10-11-12-13-14-15-20-18-21(16-8-5-2)23(24)22(19-20)17-9-6-3/h18-19,24H,4-17H2,1-3H3. The Labute approximate surface area is 150 Å². The topological polar surface area (TPSA) is 20.2 Å². The summed E-state index contributed by atoms with van der Waals surface area (Å²) in [4.78, 5) is 0. The molecule has 0 atom stereocenters. The number of hydrogen-bond acceptors (Lipinski definition) is 1. The maximum absolute atomic E-state index is 10.6. The SMILES string of the molecule is CCCCCCCCCc1cc(CCCC)c(O)c(CCCC)c1. The highest BCUT2D eigenvalue weighted by Gasteiger charge is 2.10. The molecule has 24 heavy (non-hydrogen) atoms. The smallest absolute Gasteiger partial charge is 0.121 e. The van der Waals surface area contributed by atoms with E-state index in [0.717, 1.165) is 12.8 Å². The molecule has 0 saturated heterocycles. The number of hydrogen-bond donors (Lipinski definition) is 1. The molecule has 1 aromatic rings. The zero-order valence-corrected chi connectivity index (χ0v) is 16.5. The van der Waals surface area contributed by atoms with Crippen molar-refractivity contribution in [3.63, 3.8) is 0 Å². The van der Waals surface area contributed by atoms with E-state index in [-0.39, 0.29) is 0 Å². The van der Waals surface area contributed by atoms with Crippen LogP contribution >= 0.6 is 0 Å². The molecule has 1 N–H and O–H groups in total. The Balaban J connectivity index is 2.57. The van der Waals surface area contributed by atoms with Gasteiger partial charge in [-0.3, -0.25) is 0 Å². The number of aryl methyl sites for hydroxylation is 3. The van der Waals surface area contributed by atoms with Gasteiger partial charge in [-0.15, -0.1) is 0 Å². The van der Waals surface area contributed by atoms with Gasteiger partial charge in [-0.1, -0.05) is 84.3 Å². The Bertz CT molecular complexity index is 407. The maximum Gasteiger partial charge on any atom is 0.121 e. The highest BCUT2D eigenvalue weighted by Crippen LogP contribution is 2.28. The lowest BCUT2D eigenvalue weighted by molar-refractivity contribution is 0.458. The van der Waals surface area contributed by atoms with Crippen molar-refractivity contribution in [1.82, 2.24) is 0 Å². The van der Waals surface area contributed by atoms with E-state index in [1.807, 2.05) is 0 Å². The first-order valence-corrected chi connectivity index (χ1v) is 10.6. The van der Waals surface area contributed by atoms with E-state index in [1.54, 1.807) is 0 Å². The van der Waals surface area contributed by atoms with Gasteiger partial charge in [0, 0.05) is 0 Å². The molecule has 138 valence electrons. The predicted molar refractivity (Wildman–Crippen MR) is 107 cm³/mol. The molecule has 0 radical (unpaired) electrons. The van der Waals surface area contributed by atoms with Gasteiger partial charge in [0.25, 0.3) is 0 Å². The van der Waals surface area contributed by atoms with Crippen molar-refractivity contribution in [3.05, 3.63) is 28.8 Å². The summed E-state index contributed by atoms with van der Waals surface area (Å²) in [6, 6.07) is 4.55. The minimum atomic E-state index is 0.584. The van der Waals surface area contributed by atoms with Crippen molar-refractivity contribution in [1.29, 1.82) is 0 Å². The molecular formula is C23H40O. The summed E-state index contributed by atoms with van der Waals surface area (Å²) in [6.07, 6.45) is 17.4. The number of benzene rings is 1. The van der Waals surface area contributed by atoms with Crippen LogP contribution in [0.3, 0.4) is 0 Å². The Morgan fingerprint density at radius 3 is 1.54 bits per heavy atom. The first-order chi connectivity index (χ1) is 11.7. The number of aromatic hydroxyl groups is 1. The van der Waals surface area contributed by atoms with Gasteiger partial charge in [0.2, 0.25) is 0 Å². The zero-order valence-electron chi connectivity index (χ0n) is 16.5. The van der Waals surface area contributed by atoms with Crippen LogP contribution in [0.5, 0.6) is 5.75 Å². The Kier molecular flexibility index (Phi) is 11.7. The van der Waals surface area contributed by atoms with Crippen LogP contribution in [0.1, 0.15) is 108 Å². The zero-order chi connectivity index (χ0) is 17.6. The normalized spacial score (nSPS) is 11.1. The molecule has 0 aromatic heterocycles. The second-order valence-corrected chi connectivity index (χ2v) is 7.34. The van der Waals surface area contributed by atoms with E-state index < -0.39 is 0 Å². The second-order valence-electron chi connectivity index (χ2n) is 7.34. The van der Waals surface area contributed by atoms with Crippen LogP contribution in [0.25, 0.3) is 0 Å². The lowest BCUT2D eigenvalue weighted by Gasteiger charge is -2.13. The van der Waals surface area contributed by atoms with Crippen LogP contribution in [0.15, 0.2) is 12.1 Å². The Morgan fingerprint density at radius 2 is 1.04 bits per heavy atom. The molecule has 0 unspecified atom stereocenters. The van der Waals surface area contributed by atoms with Crippen LogP contribution < -0.4 is 0 Å². The molecule has 1 rings (SSSR count). The third-order valence-electron chi connectivity index (χ3n) is 5.00. The molecule has 0 saturated carbocycles. The average Bonchev–Trinajstić information content (AvgIpc) is 2.59.